The summed E-state index contributed by atoms with van der Waals surface area (Å²) in [6.45, 7) is 2.15. The zero-order chi connectivity index (χ0) is 8.10. The minimum absolute atomic E-state index is 0. The van der Waals surface area contributed by atoms with Crippen molar-refractivity contribution in [3.05, 3.63) is 30.1 Å². The SMILES string of the molecule is CCOC(=O)c1ccccn1.[NaH]. The first-order chi connectivity index (χ1) is 5.34. The predicted octanol–water partition coefficient (Wildman–Crippen LogP) is 0.610. The summed E-state index contributed by atoms with van der Waals surface area (Å²) in [7, 11) is 0. The van der Waals surface area contributed by atoms with Gasteiger partial charge < -0.3 is 4.74 Å². The second-order valence-electron chi connectivity index (χ2n) is 1.94. The van der Waals surface area contributed by atoms with Crippen LogP contribution in [0.25, 0.3) is 0 Å². The Morgan fingerprint density at radius 3 is 2.83 bits per heavy atom. The molecule has 0 saturated heterocycles. The normalized spacial score (nSPS) is 8.42. The van der Waals surface area contributed by atoms with Crippen molar-refractivity contribution in [2.45, 2.75) is 6.92 Å². The van der Waals surface area contributed by atoms with E-state index in [1.54, 1.807) is 31.3 Å². The molecule has 0 N–H and O–H groups in total. The van der Waals surface area contributed by atoms with Crippen molar-refractivity contribution in [1.29, 1.82) is 0 Å². The molecule has 0 fully saturated rings. The molecular weight excluding hydrogens is 165 g/mol. The summed E-state index contributed by atoms with van der Waals surface area (Å²) in [6.07, 6.45) is 1.56. The van der Waals surface area contributed by atoms with E-state index in [9.17, 15) is 4.79 Å². The fraction of sp³-hybridized carbons (Fsp3) is 0.250. The van der Waals surface area contributed by atoms with Gasteiger partial charge in [0.15, 0.2) is 0 Å². The van der Waals surface area contributed by atoms with Crippen LogP contribution < -0.4 is 0 Å². The zero-order valence-corrected chi connectivity index (χ0v) is 6.28. The maximum absolute atomic E-state index is 11.0. The van der Waals surface area contributed by atoms with Crippen LogP contribution in [0.2, 0.25) is 0 Å². The molecule has 0 spiro atoms. The van der Waals surface area contributed by atoms with E-state index < -0.39 is 0 Å². The van der Waals surface area contributed by atoms with Crippen LogP contribution in [0.15, 0.2) is 24.4 Å². The van der Waals surface area contributed by atoms with Crippen LogP contribution in [0.5, 0.6) is 0 Å². The number of hydrogen-bond acceptors (Lipinski definition) is 3. The molecule has 0 aliphatic carbocycles. The van der Waals surface area contributed by atoms with E-state index in [4.69, 9.17) is 4.74 Å². The van der Waals surface area contributed by atoms with E-state index in [1.807, 2.05) is 0 Å². The summed E-state index contributed by atoms with van der Waals surface area (Å²) in [5.74, 6) is -0.367. The monoisotopic (exact) mass is 175 g/mol. The van der Waals surface area contributed by atoms with Gasteiger partial charge in [-0.2, -0.15) is 0 Å². The van der Waals surface area contributed by atoms with E-state index in [2.05, 4.69) is 4.98 Å². The van der Waals surface area contributed by atoms with Gasteiger partial charge in [0.25, 0.3) is 0 Å². The molecule has 1 rings (SSSR count). The Balaban J connectivity index is 0.00000121. The number of esters is 1. The molecule has 12 heavy (non-hydrogen) atoms. The molecule has 1 aromatic rings. The molecule has 0 unspecified atom stereocenters. The molecule has 0 aromatic carbocycles. The Labute approximate surface area is 93.4 Å². The van der Waals surface area contributed by atoms with Gasteiger partial charge in [-0.25, -0.2) is 9.78 Å². The first-order valence-electron chi connectivity index (χ1n) is 3.42. The Hall–Kier alpha value is -0.380. The van der Waals surface area contributed by atoms with Gasteiger partial charge in [-0.15, -0.1) is 0 Å². The fourth-order valence-corrected chi connectivity index (χ4v) is 0.689. The van der Waals surface area contributed by atoms with Gasteiger partial charge in [0, 0.05) is 6.20 Å². The molecule has 0 aliphatic rings. The van der Waals surface area contributed by atoms with Crippen molar-refractivity contribution in [2.75, 3.05) is 6.61 Å². The van der Waals surface area contributed by atoms with Crippen LogP contribution in [0.4, 0.5) is 0 Å². The average molecular weight is 175 g/mol. The van der Waals surface area contributed by atoms with Crippen LogP contribution in [-0.4, -0.2) is 47.1 Å². The fourth-order valence-electron chi connectivity index (χ4n) is 0.689. The quantitative estimate of drug-likeness (QED) is 0.488. The van der Waals surface area contributed by atoms with Crippen molar-refractivity contribution in [3.8, 4) is 0 Å². The Bertz CT molecular complexity index is 238. The van der Waals surface area contributed by atoms with Crippen molar-refractivity contribution in [2.24, 2.45) is 0 Å². The van der Waals surface area contributed by atoms with Gasteiger partial charge in [-0.05, 0) is 19.1 Å². The van der Waals surface area contributed by atoms with Crippen molar-refractivity contribution >= 4 is 35.5 Å². The van der Waals surface area contributed by atoms with Crippen molar-refractivity contribution in [1.82, 2.24) is 4.98 Å². The minimum atomic E-state index is -0.367. The van der Waals surface area contributed by atoms with Gasteiger partial charge in [0.1, 0.15) is 5.69 Å². The first-order valence-corrected chi connectivity index (χ1v) is 3.42. The number of ether oxygens (including phenoxy) is 1. The first kappa shape index (κ1) is 11.6. The summed E-state index contributed by atoms with van der Waals surface area (Å²) in [5, 5.41) is 0. The van der Waals surface area contributed by atoms with Gasteiger partial charge in [0.05, 0.1) is 6.61 Å². The molecule has 1 aromatic heterocycles. The standard InChI is InChI=1S/C8H9NO2.Na.H/c1-2-11-8(10)7-5-3-4-6-9-7;;/h3-6H,2H2,1H3;;. The molecule has 60 valence electrons. The van der Waals surface area contributed by atoms with Gasteiger partial charge >= 0.3 is 35.5 Å². The Morgan fingerprint density at radius 1 is 1.58 bits per heavy atom. The van der Waals surface area contributed by atoms with Gasteiger partial charge in [-0.3, -0.25) is 0 Å². The van der Waals surface area contributed by atoms with E-state index >= 15 is 0 Å². The summed E-state index contributed by atoms with van der Waals surface area (Å²) in [6, 6.07) is 5.12. The van der Waals surface area contributed by atoms with Crippen LogP contribution in [0.1, 0.15) is 17.4 Å². The number of nitrogens with zero attached hydrogens (tertiary/aromatic N) is 1. The predicted molar refractivity (Wildman–Crippen MR) is 47.3 cm³/mol. The van der Waals surface area contributed by atoms with E-state index in [1.165, 1.54) is 0 Å². The summed E-state index contributed by atoms with van der Waals surface area (Å²) >= 11 is 0. The second kappa shape index (κ2) is 6.17. The Kier molecular flexibility index (Phi) is 5.98. The van der Waals surface area contributed by atoms with Crippen molar-refractivity contribution in [3.63, 3.8) is 0 Å². The van der Waals surface area contributed by atoms with Crippen LogP contribution in [0, 0.1) is 0 Å². The molecule has 0 amide bonds. The number of carbonyl (C=O) groups is 1. The second-order valence-corrected chi connectivity index (χ2v) is 1.94. The van der Waals surface area contributed by atoms with Crippen molar-refractivity contribution < 1.29 is 9.53 Å². The third kappa shape index (κ3) is 3.34. The van der Waals surface area contributed by atoms with Crippen LogP contribution in [-0.2, 0) is 4.74 Å². The maximum atomic E-state index is 11.0. The van der Waals surface area contributed by atoms with Gasteiger partial charge in [0.2, 0.25) is 0 Å². The van der Waals surface area contributed by atoms with Crippen LogP contribution >= 0.6 is 0 Å². The Morgan fingerprint density at radius 2 is 2.33 bits per heavy atom. The summed E-state index contributed by atoms with van der Waals surface area (Å²) in [4.78, 5) is 14.8. The average Bonchev–Trinajstić information content (AvgIpc) is 2.07. The van der Waals surface area contributed by atoms with E-state index in [-0.39, 0.29) is 35.5 Å². The van der Waals surface area contributed by atoms with Crippen LogP contribution in [0.3, 0.4) is 0 Å². The molecule has 0 radical (unpaired) electrons. The summed E-state index contributed by atoms with van der Waals surface area (Å²) in [5.41, 5.74) is 0.356. The van der Waals surface area contributed by atoms with E-state index in [0.717, 1.165) is 0 Å². The number of hydrogen-bond donors (Lipinski definition) is 0. The molecule has 3 nitrogen and oxygen atoms in total. The van der Waals surface area contributed by atoms with Gasteiger partial charge in [-0.1, -0.05) is 6.07 Å². The number of aromatic nitrogens is 1. The molecule has 0 saturated carbocycles. The number of carbonyl (C=O) groups excluding carboxylic acids is 1. The number of pyridine rings is 1. The topological polar surface area (TPSA) is 39.2 Å². The van der Waals surface area contributed by atoms with E-state index in [0.29, 0.717) is 12.3 Å². The molecule has 1 heterocycles. The molecule has 0 aliphatic heterocycles. The number of rotatable bonds is 2. The summed E-state index contributed by atoms with van der Waals surface area (Å²) < 4.78 is 4.73. The zero-order valence-electron chi connectivity index (χ0n) is 6.28. The molecular formula is C8H10NNaO2. The third-order valence-corrected chi connectivity index (χ3v) is 1.15. The molecule has 0 bridgehead atoms. The molecule has 4 heteroatoms. The molecule has 0 atom stereocenters. The third-order valence-electron chi connectivity index (χ3n) is 1.15.